The van der Waals surface area contributed by atoms with E-state index in [1.165, 1.54) is 37.3 Å². The molecule has 0 bridgehead atoms. The van der Waals surface area contributed by atoms with E-state index in [1.54, 1.807) is 0 Å². The number of esters is 2. The predicted molar refractivity (Wildman–Crippen MR) is 111 cm³/mol. The summed E-state index contributed by atoms with van der Waals surface area (Å²) in [5.41, 5.74) is 1.17. The second kappa shape index (κ2) is 18.9. The fourth-order valence-electron chi connectivity index (χ4n) is 2.61. The number of unbranched alkanes of at least 4 members (excludes halogenated alkanes) is 6. The molecule has 0 N–H and O–H groups in total. The van der Waals surface area contributed by atoms with Gasteiger partial charge in [0.25, 0.3) is 0 Å². The summed E-state index contributed by atoms with van der Waals surface area (Å²) in [4.78, 5) is 22.4. The van der Waals surface area contributed by atoms with Gasteiger partial charge in [0, 0.05) is 12.5 Å². The Labute approximate surface area is 165 Å². The molecule has 0 fully saturated rings. The van der Waals surface area contributed by atoms with Gasteiger partial charge < -0.3 is 9.47 Å². The molecule has 0 radical (unpaired) electrons. The maximum atomic E-state index is 11.2. The van der Waals surface area contributed by atoms with Crippen molar-refractivity contribution in [2.75, 3.05) is 13.2 Å². The van der Waals surface area contributed by atoms with Crippen LogP contribution < -0.4 is 0 Å². The van der Waals surface area contributed by atoms with Gasteiger partial charge in [0.05, 0.1) is 13.2 Å². The van der Waals surface area contributed by atoms with Crippen LogP contribution in [0, 0.1) is 0 Å². The highest BCUT2D eigenvalue weighted by Crippen LogP contribution is 2.12. The van der Waals surface area contributed by atoms with Gasteiger partial charge in [0.15, 0.2) is 0 Å². The SMILES string of the molecule is C=C(C/C=C/CCCCCCC/C=C/C(=O)OCC)CCCC(=O)OCC. The summed E-state index contributed by atoms with van der Waals surface area (Å²) in [7, 11) is 0. The largest absolute Gasteiger partial charge is 0.466 e. The smallest absolute Gasteiger partial charge is 0.330 e. The lowest BCUT2D eigenvalue weighted by atomic mass is 10.1. The quantitative estimate of drug-likeness (QED) is 0.133. The molecule has 0 aromatic carbocycles. The molecule has 4 nitrogen and oxygen atoms in total. The van der Waals surface area contributed by atoms with E-state index in [4.69, 9.17) is 9.47 Å². The Morgan fingerprint density at radius 1 is 0.778 bits per heavy atom. The standard InChI is InChI=1S/C23H38O4/c1-4-26-22(24)19-15-13-11-9-7-6-8-10-12-14-17-21(3)18-16-20-23(25)27-5-2/h12,14-15,19H,3-11,13,16-18,20H2,1-2H3/b14-12+,19-15+. The number of hydrogen-bond donors (Lipinski definition) is 0. The van der Waals surface area contributed by atoms with E-state index < -0.39 is 0 Å². The van der Waals surface area contributed by atoms with Crippen LogP contribution in [0.1, 0.15) is 84.5 Å². The first-order valence-electron chi connectivity index (χ1n) is 10.4. The Balaban J connectivity index is 3.43. The lowest BCUT2D eigenvalue weighted by molar-refractivity contribution is -0.143. The molecule has 0 atom stereocenters. The fraction of sp³-hybridized carbons (Fsp3) is 0.652. The summed E-state index contributed by atoms with van der Waals surface area (Å²) >= 11 is 0. The topological polar surface area (TPSA) is 52.6 Å². The highest BCUT2D eigenvalue weighted by molar-refractivity contribution is 5.81. The summed E-state index contributed by atoms with van der Waals surface area (Å²) < 4.78 is 9.74. The Morgan fingerprint density at radius 2 is 1.41 bits per heavy atom. The minimum absolute atomic E-state index is 0.115. The molecule has 0 aliphatic carbocycles. The molecule has 27 heavy (non-hydrogen) atoms. The first kappa shape index (κ1) is 25.2. The summed E-state index contributed by atoms with van der Waals surface area (Å²) in [5.74, 6) is -0.359. The van der Waals surface area contributed by atoms with Crippen molar-refractivity contribution in [3.05, 3.63) is 36.5 Å². The van der Waals surface area contributed by atoms with E-state index in [1.807, 2.05) is 19.9 Å². The Kier molecular flexibility index (Phi) is 17.6. The van der Waals surface area contributed by atoms with Crippen LogP contribution in [0.25, 0.3) is 0 Å². The molecule has 0 aliphatic heterocycles. The van der Waals surface area contributed by atoms with Gasteiger partial charge in [-0.15, -0.1) is 0 Å². The first-order chi connectivity index (χ1) is 13.1. The van der Waals surface area contributed by atoms with Crippen molar-refractivity contribution < 1.29 is 19.1 Å². The predicted octanol–water partition coefficient (Wildman–Crippen LogP) is 6.07. The summed E-state index contributed by atoms with van der Waals surface area (Å²) in [5, 5.41) is 0. The molecular weight excluding hydrogens is 340 g/mol. The van der Waals surface area contributed by atoms with Crippen molar-refractivity contribution in [2.24, 2.45) is 0 Å². The number of hydrogen-bond acceptors (Lipinski definition) is 4. The average Bonchev–Trinajstić information content (AvgIpc) is 2.63. The van der Waals surface area contributed by atoms with E-state index >= 15 is 0 Å². The van der Waals surface area contributed by atoms with Gasteiger partial charge in [0.1, 0.15) is 0 Å². The van der Waals surface area contributed by atoms with Crippen molar-refractivity contribution in [3.63, 3.8) is 0 Å². The van der Waals surface area contributed by atoms with E-state index in [2.05, 4.69) is 18.7 Å². The normalized spacial score (nSPS) is 11.2. The lowest BCUT2D eigenvalue weighted by Gasteiger charge is -2.03. The molecular formula is C23H38O4. The fourth-order valence-corrected chi connectivity index (χ4v) is 2.61. The van der Waals surface area contributed by atoms with Gasteiger partial charge in [-0.05, 0) is 58.8 Å². The maximum Gasteiger partial charge on any atom is 0.330 e. The number of carbonyl (C=O) groups excluding carboxylic acids is 2. The van der Waals surface area contributed by atoms with Crippen LogP contribution in [0.3, 0.4) is 0 Å². The number of rotatable bonds is 17. The van der Waals surface area contributed by atoms with Crippen LogP contribution in [0.15, 0.2) is 36.5 Å². The molecule has 0 saturated heterocycles. The molecule has 0 saturated carbocycles. The third-order valence-electron chi connectivity index (χ3n) is 4.07. The molecule has 0 aliphatic rings. The first-order valence-corrected chi connectivity index (χ1v) is 10.4. The van der Waals surface area contributed by atoms with Crippen molar-refractivity contribution in [3.8, 4) is 0 Å². The summed E-state index contributed by atoms with van der Waals surface area (Å²) in [6.07, 6.45) is 19.0. The summed E-state index contributed by atoms with van der Waals surface area (Å²) in [6.45, 7) is 8.59. The van der Waals surface area contributed by atoms with Crippen LogP contribution in [0.2, 0.25) is 0 Å². The Bertz CT molecular complexity index is 463. The van der Waals surface area contributed by atoms with Gasteiger partial charge in [0.2, 0.25) is 0 Å². The third-order valence-corrected chi connectivity index (χ3v) is 4.07. The molecule has 154 valence electrons. The zero-order valence-electron chi connectivity index (χ0n) is 17.3. The van der Waals surface area contributed by atoms with Gasteiger partial charge in [-0.3, -0.25) is 4.79 Å². The van der Waals surface area contributed by atoms with Crippen LogP contribution in [0.5, 0.6) is 0 Å². The molecule has 0 rings (SSSR count). The second-order valence-electron chi connectivity index (χ2n) is 6.58. The minimum Gasteiger partial charge on any atom is -0.466 e. The lowest BCUT2D eigenvalue weighted by Crippen LogP contribution is -2.03. The Morgan fingerprint density at radius 3 is 2.07 bits per heavy atom. The average molecular weight is 379 g/mol. The highest BCUT2D eigenvalue weighted by Gasteiger charge is 2.01. The van der Waals surface area contributed by atoms with Gasteiger partial charge in [-0.2, -0.15) is 0 Å². The minimum atomic E-state index is -0.244. The molecule has 0 heterocycles. The van der Waals surface area contributed by atoms with Crippen LogP contribution >= 0.6 is 0 Å². The van der Waals surface area contributed by atoms with E-state index in [-0.39, 0.29) is 11.9 Å². The zero-order chi connectivity index (χ0) is 20.2. The van der Waals surface area contributed by atoms with Gasteiger partial charge >= 0.3 is 11.9 Å². The number of carbonyl (C=O) groups is 2. The van der Waals surface area contributed by atoms with Crippen molar-refractivity contribution >= 4 is 11.9 Å². The second-order valence-corrected chi connectivity index (χ2v) is 6.58. The molecule has 0 amide bonds. The molecule has 0 unspecified atom stereocenters. The van der Waals surface area contributed by atoms with Crippen molar-refractivity contribution in [1.82, 2.24) is 0 Å². The zero-order valence-corrected chi connectivity index (χ0v) is 17.3. The van der Waals surface area contributed by atoms with Crippen LogP contribution in [0.4, 0.5) is 0 Å². The van der Waals surface area contributed by atoms with E-state index in [9.17, 15) is 9.59 Å². The third kappa shape index (κ3) is 18.7. The van der Waals surface area contributed by atoms with E-state index in [0.717, 1.165) is 38.5 Å². The summed E-state index contributed by atoms with van der Waals surface area (Å²) in [6, 6.07) is 0. The van der Waals surface area contributed by atoms with Crippen LogP contribution in [-0.2, 0) is 19.1 Å². The van der Waals surface area contributed by atoms with Crippen molar-refractivity contribution in [2.45, 2.75) is 84.5 Å². The van der Waals surface area contributed by atoms with Crippen LogP contribution in [-0.4, -0.2) is 25.2 Å². The number of ether oxygens (including phenoxy) is 2. The molecule has 0 aromatic heterocycles. The molecule has 0 spiro atoms. The highest BCUT2D eigenvalue weighted by atomic mass is 16.5. The Hall–Kier alpha value is -1.84. The molecule has 0 aromatic rings. The van der Waals surface area contributed by atoms with E-state index in [0.29, 0.717) is 19.6 Å². The van der Waals surface area contributed by atoms with Gasteiger partial charge in [-0.1, -0.05) is 49.6 Å². The maximum absolute atomic E-state index is 11.2. The van der Waals surface area contributed by atoms with Gasteiger partial charge in [-0.25, -0.2) is 4.79 Å². The van der Waals surface area contributed by atoms with Crippen molar-refractivity contribution in [1.29, 1.82) is 0 Å². The molecule has 4 heteroatoms. The monoisotopic (exact) mass is 378 g/mol. The number of allylic oxidation sites excluding steroid dienone is 4.